The predicted octanol–water partition coefficient (Wildman–Crippen LogP) is 1.04. The molecule has 1 fully saturated rings. The van der Waals surface area contributed by atoms with Gasteiger partial charge in [0.2, 0.25) is 0 Å². The molecule has 1 saturated heterocycles. The van der Waals surface area contributed by atoms with Crippen LogP contribution in [-0.4, -0.2) is 33.9 Å². The Morgan fingerprint density at radius 2 is 2.50 bits per heavy atom. The molecule has 2 nitrogen and oxygen atoms in total. The van der Waals surface area contributed by atoms with E-state index in [-0.39, 0.29) is 14.7 Å². The third-order valence-corrected chi connectivity index (χ3v) is 5.83. The standard InChI is InChI=1S/C11H21NOSi/c1-5-9(2)8-14-11(4)10(3)12-6-7-13-11/h5,10,12H,1-2,6-8,14H2,3-4H3. The van der Waals surface area contributed by atoms with Crippen molar-refractivity contribution in [3.8, 4) is 0 Å². The van der Waals surface area contributed by atoms with Crippen LogP contribution in [0.3, 0.4) is 0 Å². The van der Waals surface area contributed by atoms with Crippen molar-refractivity contribution in [3.05, 3.63) is 24.8 Å². The molecule has 1 N–H and O–H groups in total. The maximum Gasteiger partial charge on any atom is 0.0655 e. The van der Waals surface area contributed by atoms with Crippen LogP contribution in [-0.2, 0) is 4.74 Å². The highest BCUT2D eigenvalue weighted by atomic mass is 28.2. The summed E-state index contributed by atoms with van der Waals surface area (Å²) in [5.41, 5.74) is 1.15. The van der Waals surface area contributed by atoms with Crippen molar-refractivity contribution in [1.82, 2.24) is 5.32 Å². The van der Waals surface area contributed by atoms with Crippen molar-refractivity contribution < 1.29 is 4.74 Å². The highest BCUT2D eigenvalue weighted by molar-refractivity contribution is 6.41. The average molecular weight is 211 g/mol. The van der Waals surface area contributed by atoms with Crippen molar-refractivity contribution in [2.24, 2.45) is 0 Å². The molecular formula is C11H21NOSi. The first-order chi connectivity index (χ1) is 6.58. The van der Waals surface area contributed by atoms with E-state index in [1.165, 1.54) is 0 Å². The Hall–Kier alpha value is -0.383. The third-order valence-electron chi connectivity index (χ3n) is 3.13. The zero-order valence-corrected chi connectivity index (χ0v) is 10.7. The predicted molar refractivity (Wildman–Crippen MR) is 64.5 cm³/mol. The van der Waals surface area contributed by atoms with E-state index in [4.69, 9.17) is 4.74 Å². The summed E-state index contributed by atoms with van der Waals surface area (Å²) in [4.78, 5) is 0. The van der Waals surface area contributed by atoms with E-state index in [1.54, 1.807) is 0 Å². The minimum atomic E-state index is -0.292. The number of ether oxygens (including phenoxy) is 1. The topological polar surface area (TPSA) is 21.3 Å². The van der Waals surface area contributed by atoms with Crippen molar-refractivity contribution in [3.63, 3.8) is 0 Å². The van der Waals surface area contributed by atoms with E-state index in [0.29, 0.717) is 6.04 Å². The zero-order chi connectivity index (χ0) is 10.6. The first-order valence-electron chi connectivity index (χ1n) is 5.26. The van der Waals surface area contributed by atoms with Gasteiger partial charge in [-0.15, -0.1) is 0 Å². The summed E-state index contributed by atoms with van der Waals surface area (Å²) in [7, 11) is -0.292. The Bertz CT molecular complexity index is 229. The molecule has 0 amide bonds. The lowest BCUT2D eigenvalue weighted by Gasteiger charge is -2.40. The normalized spacial score (nSPS) is 33.4. The second kappa shape index (κ2) is 4.91. The van der Waals surface area contributed by atoms with Gasteiger partial charge in [-0.1, -0.05) is 24.8 Å². The van der Waals surface area contributed by atoms with Crippen LogP contribution < -0.4 is 5.32 Å². The Kier molecular flexibility index (Phi) is 4.10. The summed E-state index contributed by atoms with van der Waals surface area (Å²) in [6, 6.07) is 1.58. The van der Waals surface area contributed by atoms with Crippen molar-refractivity contribution in [2.45, 2.75) is 31.2 Å². The second-order valence-corrected chi connectivity index (χ2v) is 6.60. The zero-order valence-electron chi connectivity index (χ0n) is 9.31. The molecule has 0 radical (unpaired) electrons. The van der Waals surface area contributed by atoms with E-state index in [1.807, 2.05) is 6.08 Å². The van der Waals surface area contributed by atoms with Crippen molar-refractivity contribution >= 4 is 9.52 Å². The van der Waals surface area contributed by atoms with Gasteiger partial charge in [0.25, 0.3) is 0 Å². The van der Waals surface area contributed by atoms with Crippen LogP contribution >= 0.6 is 0 Å². The van der Waals surface area contributed by atoms with Crippen LogP contribution in [0.1, 0.15) is 13.8 Å². The van der Waals surface area contributed by atoms with Crippen LogP contribution in [0.5, 0.6) is 0 Å². The lowest BCUT2D eigenvalue weighted by Crippen LogP contribution is -2.58. The fourth-order valence-electron chi connectivity index (χ4n) is 1.70. The van der Waals surface area contributed by atoms with Gasteiger partial charge in [-0.25, -0.2) is 0 Å². The van der Waals surface area contributed by atoms with E-state index in [0.717, 1.165) is 24.8 Å². The molecule has 1 rings (SSSR count). The molecule has 0 aliphatic carbocycles. The van der Waals surface area contributed by atoms with Crippen LogP contribution in [0.15, 0.2) is 24.8 Å². The molecule has 2 atom stereocenters. The van der Waals surface area contributed by atoms with Gasteiger partial charge < -0.3 is 10.1 Å². The molecule has 14 heavy (non-hydrogen) atoms. The number of allylic oxidation sites excluding steroid dienone is 2. The summed E-state index contributed by atoms with van der Waals surface area (Å²) >= 11 is 0. The summed E-state index contributed by atoms with van der Waals surface area (Å²) < 4.78 is 5.90. The maximum atomic E-state index is 5.90. The molecule has 0 aromatic rings. The average Bonchev–Trinajstić information content (AvgIpc) is 2.19. The van der Waals surface area contributed by atoms with Gasteiger partial charge in [-0.05, 0) is 19.9 Å². The number of hydrogen-bond acceptors (Lipinski definition) is 2. The van der Waals surface area contributed by atoms with E-state index in [2.05, 4.69) is 32.3 Å². The smallest absolute Gasteiger partial charge is 0.0655 e. The van der Waals surface area contributed by atoms with Gasteiger partial charge in [0.1, 0.15) is 0 Å². The second-order valence-electron chi connectivity index (χ2n) is 4.20. The summed E-state index contributed by atoms with van der Waals surface area (Å²) in [5, 5.41) is 3.56. The molecule has 0 aromatic heterocycles. The first kappa shape index (κ1) is 11.7. The largest absolute Gasteiger partial charge is 0.377 e. The first-order valence-corrected chi connectivity index (χ1v) is 6.97. The van der Waals surface area contributed by atoms with Gasteiger partial charge >= 0.3 is 0 Å². The van der Waals surface area contributed by atoms with Gasteiger partial charge in [0.05, 0.1) is 21.4 Å². The van der Waals surface area contributed by atoms with E-state index >= 15 is 0 Å². The van der Waals surface area contributed by atoms with E-state index in [9.17, 15) is 0 Å². The lowest BCUT2D eigenvalue weighted by atomic mass is 10.2. The third kappa shape index (κ3) is 2.80. The molecule has 1 aliphatic heterocycles. The summed E-state index contributed by atoms with van der Waals surface area (Å²) in [6.07, 6.45) is 1.86. The quantitative estimate of drug-likeness (QED) is 0.554. The minimum Gasteiger partial charge on any atom is -0.377 e. The molecule has 0 saturated carbocycles. The molecule has 0 spiro atoms. The Labute approximate surface area is 89.2 Å². The SMILES string of the molecule is C=CC(=C)C[SiH2]C1(C)OCCNC1C. The van der Waals surface area contributed by atoms with Crippen LogP contribution in [0.2, 0.25) is 6.04 Å². The molecular weight excluding hydrogens is 190 g/mol. The molecule has 3 heteroatoms. The van der Waals surface area contributed by atoms with Crippen LogP contribution in [0, 0.1) is 0 Å². The fraction of sp³-hybridized carbons (Fsp3) is 0.636. The number of rotatable bonds is 4. The fourth-order valence-corrected chi connectivity index (χ4v) is 3.59. The molecule has 2 unspecified atom stereocenters. The van der Waals surface area contributed by atoms with Gasteiger partial charge in [0.15, 0.2) is 0 Å². The monoisotopic (exact) mass is 211 g/mol. The van der Waals surface area contributed by atoms with Gasteiger partial charge in [-0.2, -0.15) is 0 Å². The highest BCUT2D eigenvalue weighted by Gasteiger charge is 2.34. The molecule has 0 bridgehead atoms. The Morgan fingerprint density at radius 1 is 1.79 bits per heavy atom. The van der Waals surface area contributed by atoms with Gasteiger partial charge in [-0.3, -0.25) is 0 Å². The maximum absolute atomic E-state index is 5.90. The lowest BCUT2D eigenvalue weighted by molar-refractivity contribution is -0.0222. The van der Waals surface area contributed by atoms with E-state index < -0.39 is 0 Å². The minimum absolute atomic E-state index is 0.0875. The van der Waals surface area contributed by atoms with Crippen LogP contribution in [0.4, 0.5) is 0 Å². The number of morpholine rings is 1. The van der Waals surface area contributed by atoms with Crippen molar-refractivity contribution in [1.29, 1.82) is 0 Å². The Balaban J connectivity index is 2.46. The number of nitrogens with one attached hydrogen (secondary N) is 1. The highest BCUT2D eigenvalue weighted by Crippen LogP contribution is 2.20. The molecule has 1 heterocycles. The van der Waals surface area contributed by atoms with Crippen LogP contribution in [0.25, 0.3) is 0 Å². The summed E-state index contributed by atoms with van der Waals surface area (Å²) in [6.45, 7) is 13.9. The van der Waals surface area contributed by atoms with Crippen molar-refractivity contribution in [2.75, 3.05) is 13.2 Å². The molecule has 0 aromatic carbocycles. The summed E-state index contributed by atoms with van der Waals surface area (Å²) in [5.74, 6) is 0. The van der Waals surface area contributed by atoms with Gasteiger partial charge in [0, 0.05) is 12.6 Å². The molecule has 1 aliphatic rings. The Morgan fingerprint density at radius 3 is 3.07 bits per heavy atom. The molecule has 80 valence electrons. The number of hydrogen-bond donors (Lipinski definition) is 1.